The van der Waals surface area contributed by atoms with Crippen LogP contribution in [0.15, 0.2) is 67.3 Å². The smallest absolute Gasteiger partial charge is 0.355 e. The Bertz CT molecular complexity index is 1250. The van der Waals surface area contributed by atoms with Crippen LogP contribution in [0.25, 0.3) is 10.1 Å². The normalized spacial score (nSPS) is 14.4. The average molecular weight is 536 g/mol. The number of hydrogen-bond donors (Lipinski definition) is 1. The van der Waals surface area contributed by atoms with E-state index in [9.17, 15) is 14.2 Å². The van der Waals surface area contributed by atoms with E-state index in [1.807, 2.05) is 0 Å². The van der Waals surface area contributed by atoms with Gasteiger partial charge in [-0.1, -0.05) is 36.9 Å². The molecule has 1 unspecified atom stereocenters. The maximum Gasteiger partial charge on any atom is 0.355 e. The summed E-state index contributed by atoms with van der Waals surface area (Å²) >= 11 is 1.19. The molecular weight excluding hydrogens is 508 g/mol. The Labute approximate surface area is 212 Å². The van der Waals surface area contributed by atoms with Gasteiger partial charge in [0.1, 0.15) is 29.9 Å². The molecule has 1 heterocycles. The highest BCUT2D eigenvalue weighted by Gasteiger charge is 2.40. The summed E-state index contributed by atoms with van der Waals surface area (Å²) in [4.78, 5) is 24.9. The molecule has 0 spiro atoms. The fraction of sp³-hybridized carbons (Fsp3) is 0.280. The number of benzene rings is 2. The van der Waals surface area contributed by atoms with Crippen molar-refractivity contribution in [3.63, 3.8) is 0 Å². The molecule has 0 saturated carbocycles. The molecule has 0 aliphatic rings. The third-order valence-electron chi connectivity index (χ3n) is 4.89. The molecule has 8 nitrogen and oxygen atoms in total. The third kappa shape index (κ3) is 7.01. The average Bonchev–Trinajstić information content (AvgIpc) is 3.31. The first kappa shape index (κ1) is 27.5. The number of halogens is 1. The number of alkyl halides is 1. The number of hydrogen-bond acceptors (Lipinski definition) is 8. The van der Waals surface area contributed by atoms with E-state index in [1.165, 1.54) is 55.7 Å². The molecule has 192 valence electrons. The molecule has 3 atom stereocenters. The molecule has 1 N–H and O–H groups in total. The highest BCUT2D eigenvalue weighted by molar-refractivity contribution is 7.57. The summed E-state index contributed by atoms with van der Waals surface area (Å²) in [5.74, 6) is -3.21. The van der Waals surface area contributed by atoms with Gasteiger partial charge in [-0.15, -0.1) is 11.3 Å². The first-order chi connectivity index (χ1) is 17.3. The molecule has 11 heteroatoms. The number of rotatable bonds is 13. The number of nitrogens with one attached hydrogen (secondary N) is 1. The first-order valence-electron chi connectivity index (χ1n) is 11.0. The van der Waals surface area contributed by atoms with Gasteiger partial charge in [-0.3, -0.25) is 9.36 Å². The third-order valence-corrected chi connectivity index (χ3v) is 8.11. The van der Waals surface area contributed by atoms with E-state index in [1.54, 1.807) is 30.3 Å². The number of fused-ring (bicyclic) bond motifs is 1. The van der Waals surface area contributed by atoms with Crippen LogP contribution in [-0.2, 0) is 23.6 Å². The van der Waals surface area contributed by atoms with Gasteiger partial charge in [0, 0.05) is 11.8 Å². The lowest BCUT2D eigenvalue weighted by atomic mass is 10.2. The van der Waals surface area contributed by atoms with Crippen molar-refractivity contribution in [3.05, 3.63) is 77.7 Å². The Morgan fingerprint density at radius 2 is 1.89 bits per heavy atom. The fourth-order valence-electron chi connectivity index (χ4n) is 3.16. The largest absolute Gasteiger partial charge is 0.462 e. The molecule has 3 aromatic rings. The lowest BCUT2D eigenvalue weighted by Gasteiger charge is -2.26. The Hall–Kier alpha value is -3.04. The molecular formula is C25H27FNO7PS. The van der Waals surface area contributed by atoms with Crippen LogP contribution in [0.5, 0.6) is 5.75 Å². The van der Waals surface area contributed by atoms with Crippen molar-refractivity contribution in [2.24, 2.45) is 0 Å². The number of thiophene rings is 1. The number of para-hydroxylation sites is 1. The quantitative estimate of drug-likeness (QED) is 0.130. The maximum atomic E-state index is 15.9. The number of ether oxygens (including phenoxy) is 3. The zero-order valence-electron chi connectivity index (χ0n) is 19.8. The van der Waals surface area contributed by atoms with Crippen LogP contribution in [0.4, 0.5) is 4.39 Å². The number of methoxy groups -OCH3 is 1. The van der Waals surface area contributed by atoms with Gasteiger partial charge < -0.3 is 18.7 Å². The molecule has 36 heavy (non-hydrogen) atoms. The van der Waals surface area contributed by atoms with Crippen LogP contribution in [0.2, 0.25) is 0 Å². The summed E-state index contributed by atoms with van der Waals surface area (Å²) in [5, 5.41) is 3.10. The highest BCUT2D eigenvalue weighted by atomic mass is 32.1. The highest BCUT2D eigenvalue weighted by Crippen LogP contribution is 2.58. The molecule has 0 aliphatic carbocycles. The van der Waals surface area contributed by atoms with Crippen molar-refractivity contribution in [1.29, 1.82) is 0 Å². The molecule has 0 radical (unpaired) electrons. The molecule has 0 fully saturated rings. The van der Waals surface area contributed by atoms with Gasteiger partial charge in [0.05, 0.1) is 6.61 Å². The Morgan fingerprint density at radius 3 is 2.58 bits per heavy atom. The predicted molar refractivity (Wildman–Crippen MR) is 136 cm³/mol. The van der Waals surface area contributed by atoms with Crippen molar-refractivity contribution in [2.45, 2.75) is 18.9 Å². The van der Waals surface area contributed by atoms with Gasteiger partial charge in [0.15, 0.2) is 0 Å². The summed E-state index contributed by atoms with van der Waals surface area (Å²) in [7, 11) is -2.90. The van der Waals surface area contributed by atoms with Crippen LogP contribution < -0.4 is 9.61 Å². The molecule has 0 aliphatic heterocycles. The van der Waals surface area contributed by atoms with Gasteiger partial charge in [0.2, 0.25) is 5.91 Å². The fourth-order valence-corrected chi connectivity index (χ4v) is 6.01. The summed E-state index contributed by atoms with van der Waals surface area (Å²) in [5.41, 5.74) is 0.0537. The molecule has 0 saturated heterocycles. The SMILES string of the molecule is C=CCOC(=O)c1cc2cc([C@H](F)P(=O)(N[C@@H](C)C(=O)OCCOC)Oc3ccccc3)ccc2s1. The lowest BCUT2D eigenvalue weighted by molar-refractivity contribution is -0.146. The van der Waals surface area contributed by atoms with Crippen molar-refractivity contribution in [2.75, 3.05) is 26.9 Å². The standard InChI is InChI=1S/C25H27FNO7PS/c1-4-12-32-25(29)22-16-19-15-18(10-11-21(19)36-22)23(26)35(30,34-20-8-6-5-7-9-20)27-17(2)24(28)33-14-13-31-3/h4-11,15-17,23H,1,12-14H2,2-3H3,(H,27,30)/t17-,23+,35?/m0/s1. The van der Waals surface area contributed by atoms with Crippen molar-refractivity contribution in [1.82, 2.24) is 5.09 Å². The minimum atomic E-state index is -4.36. The second kappa shape index (κ2) is 12.8. The zero-order chi connectivity index (χ0) is 26.1. The van der Waals surface area contributed by atoms with Gasteiger partial charge in [-0.2, -0.15) is 0 Å². The van der Waals surface area contributed by atoms with E-state index < -0.39 is 31.4 Å². The number of esters is 2. The van der Waals surface area contributed by atoms with Gasteiger partial charge in [-0.05, 0) is 48.2 Å². The van der Waals surface area contributed by atoms with Gasteiger partial charge >= 0.3 is 19.5 Å². The summed E-state index contributed by atoms with van der Waals surface area (Å²) in [6.45, 7) is 5.17. The molecule has 0 bridgehead atoms. The second-order valence-electron chi connectivity index (χ2n) is 7.64. The molecule has 1 aromatic heterocycles. The van der Waals surface area contributed by atoms with Gasteiger partial charge in [0.25, 0.3) is 0 Å². The van der Waals surface area contributed by atoms with Crippen molar-refractivity contribution in [3.8, 4) is 5.75 Å². The summed E-state index contributed by atoms with van der Waals surface area (Å²) in [6, 6.07) is 13.1. The molecule has 2 aromatic carbocycles. The zero-order valence-corrected chi connectivity index (χ0v) is 21.6. The first-order valence-corrected chi connectivity index (χ1v) is 13.5. The Kier molecular flexibility index (Phi) is 9.78. The number of carbonyl (C=O) groups excluding carboxylic acids is 2. The van der Waals surface area contributed by atoms with Crippen LogP contribution in [-0.4, -0.2) is 44.9 Å². The van der Waals surface area contributed by atoms with E-state index in [2.05, 4.69) is 11.7 Å². The number of carbonyl (C=O) groups is 2. The Balaban J connectivity index is 1.88. The van der Waals surface area contributed by atoms with Crippen LogP contribution in [0, 0.1) is 0 Å². The molecule has 3 rings (SSSR count). The summed E-state index contributed by atoms with van der Waals surface area (Å²) < 4.78 is 51.1. The van der Waals surface area contributed by atoms with Crippen LogP contribution in [0.1, 0.15) is 28.1 Å². The monoisotopic (exact) mass is 535 g/mol. The van der Waals surface area contributed by atoms with Crippen molar-refractivity contribution < 1.29 is 37.3 Å². The topological polar surface area (TPSA) is 100 Å². The Morgan fingerprint density at radius 1 is 1.14 bits per heavy atom. The van der Waals surface area contributed by atoms with E-state index in [0.717, 1.165) is 4.70 Å². The predicted octanol–water partition coefficient (Wildman–Crippen LogP) is 5.65. The van der Waals surface area contributed by atoms with E-state index in [0.29, 0.717) is 10.3 Å². The lowest BCUT2D eigenvalue weighted by Crippen LogP contribution is -2.36. The van der Waals surface area contributed by atoms with Crippen molar-refractivity contribution >= 4 is 40.9 Å². The minimum Gasteiger partial charge on any atom is -0.462 e. The van der Waals surface area contributed by atoms with Crippen LogP contribution >= 0.6 is 18.9 Å². The van der Waals surface area contributed by atoms with E-state index in [-0.39, 0.29) is 31.1 Å². The minimum absolute atomic E-state index is 0.00333. The molecule has 0 amide bonds. The summed E-state index contributed by atoms with van der Waals surface area (Å²) in [6.07, 6.45) is 1.46. The van der Waals surface area contributed by atoms with Gasteiger partial charge in [-0.25, -0.2) is 14.3 Å². The van der Waals surface area contributed by atoms with E-state index in [4.69, 9.17) is 18.7 Å². The maximum absolute atomic E-state index is 15.9. The van der Waals surface area contributed by atoms with E-state index >= 15 is 4.39 Å². The van der Waals surface area contributed by atoms with Crippen LogP contribution in [0.3, 0.4) is 0 Å². The second-order valence-corrected chi connectivity index (χ2v) is 10.8.